The van der Waals surface area contributed by atoms with Crippen LogP contribution in [0.3, 0.4) is 0 Å². The summed E-state index contributed by atoms with van der Waals surface area (Å²) in [5.74, 6) is 0. The number of aldehydes is 1. The third-order valence-electron chi connectivity index (χ3n) is 0.118. The van der Waals surface area contributed by atoms with E-state index in [-0.39, 0.29) is 29.6 Å². The van der Waals surface area contributed by atoms with Gasteiger partial charge in [0, 0.05) is 6.42 Å². The molecule has 0 saturated carbocycles. The van der Waals surface area contributed by atoms with Gasteiger partial charge in [0.1, 0.15) is 6.29 Å². The maximum atomic E-state index is 9.11. The summed E-state index contributed by atoms with van der Waals surface area (Å²) in [6.07, 6.45) is 1.15. The van der Waals surface area contributed by atoms with E-state index >= 15 is 0 Å². The van der Waals surface area contributed by atoms with Crippen LogP contribution in [0.5, 0.6) is 0 Å². The molecule has 2 heteroatoms. The molecule has 0 unspecified atom stereocenters. The Labute approximate surface area is 54.0 Å². The number of hydrogen-bond acceptors (Lipinski definition) is 1. The molecular weight excluding hydrogens is 75.0 g/mol. The van der Waals surface area contributed by atoms with Crippen molar-refractivity contribution < 1.29 is 4.79 Å². The normalized spacial score (nSPS) is 5.00. The van der Waals surface area contributed by atoms with Crippen LogP contribution in [0.1, 0.15) is 6.42 Å². The zero-order chi connectivity index (χ0) is 3.41. The van der Waals surface area contributed by atoms with Crippen LogP contribution in [-0.2, 0) is 4.79 Å². The molecule has 0 bridgehead atoms. The topological polar surface area (TPSA) is 17.1 Å². The molecule has 25 valence electrons. The number of carbonyl (C=O) groups is 1. The molecule has 5 heavy (non-hydrogen) atoms. The first kappa shape index (κ1) is 9.18. The van der Waals surface area contributed by atoms with Crippen LogP contribution in [0.2, 0.25) is 0 Å². The molecule has 0 aliphatic carbocycles. The van der Waals surface area contributed by atoms with Crippen molar-refractivity contribution in [1.82, 2.24) is 0 Å². The third-order valence-corrected chi connectivity index (χ3v) is 0.118. The van der Waals surface area contributed by atoms with Crippen LogP contribution in [0.25, 0.3) is 0 Å². The first-order valence-electron chi connectivity index (χ1n) is 1.14. The van der Waals surface area contributed by atoms with Crippen molar-refractivity contribution in [2.45, 2.75) is 6.42 Å². The molecule has 0 rings (SSSR count). The van der Waals surface area contributed by atoms with E-state index in [0.29, 0.717) is 6.42 Å². The molecule has 0 saturated heterocycles. The van der Waals surface area contributed by atoms with Crippen LogP contribution >= 0.6 is 0 Å². The molecule has 0 aliphatic rings. The first-order chi connectivity index (χ1) is 1.91. The Morgan fingerprint density at radius 1 is 1.80 bits per heavy atom. The SMILES string of the molecule is [CH2]CC=O.[NaH]. The van der Waals surface area contributed by atoms with Gasteiger partial charge in [0.15, 0.2) is 0 Å². The first-order valence-corrected chi connectivity index (χ1v) is 1.14. The van der Waals surface area contributed by atoms with Gasteiger partial charge in [0.2, 0.25) is 0 Å². The molecule has 0 N–H and O–H groups in total. The predicted octanol–water partition coefficient (Wildman–Crippen LogP) is -0.239. The Bertz CT molecular complexity index is 20.9. The Hall–Kier alpha value is 0.670. The molecule has 0 spiro atoms. The quantitative estimate of drug-likeness (QED) is 0.314. The summed E-state index contributed by atoms with van der Waals surface area (Å²) < 4.78 is 0. The minimum absolute atomic E-state index is 0. The molecular formula is C3H6NaO. The van der Waals surface area contributed by atoms with Crippen molar-refractivity contribution in [2.24, 2.45) is 0 Å². The number of carbonyl (C=O) groups excluding carboxylic acids is 1. The molecule has 0 heterocycles. The van der Waals surface area contributed by atoms with E-state index in [1.54, 1.807) is 0 Å². The predicted molar refractivity (Wildman–Crippen MR) is 23.2 cm³/mol. The van der Waals surface area contributed by atoms with Gasteiger partial charge in [0.25, 0.3) is 0 Å². The number of rotatable bonds is 1. The maximum absolute atomic E-state index is 9.11. The molecule has 0 aromatic heterocycles. The Morgan fingerprint density at radius 2 is 2.00 bits per heavy atom. The Balaban J connectivity index is 0. The zero-order valence-electron chi connectivity index (χ0n) is 2.40. The van der Waals surface area contributed by atoms with Gasteiger partial charge in [-0.1, -0.05) is 0 Å². The van der Waals surface area contributed by atoms with Gasteiger partial charge in [-0.25, -0.2) is 0 Å². The summed E-state index contributed by atoms with van der Waals surface area (Å²) in [5, 5.41) is 0. The van der Waals surface area contributed by atoms with Crippen LogP contribution in [-0.4, -0.2) is 35.8 Å². The fourth-order valence-corrected chi connectivity index (χ4v) is 0. The second-order valence-corrected chi connectivity index (χ2v) is 0.455. The van der Waals surface area contributed by atoms with Crippen molar-refractivity contribution in [3.05, 3.63) is 6.92 Å². The Kier molecular flexibility index (Phi) is 16.2. The van der Waals surface area contributed by atoms with Crippen molar-refractivity contribution in [3.8, 4) is 0 Å². The average Bonchev–Trinajstić information content (AvgIpc) is 1.37. The van der Waals surface area contributed by atoms with Gasteiger partial charge in [-0.15, -0.1) is 0 Å². The molecule has 0 amide bonds. The monoisotopic (exact) mass is 81.0 g/mol. The van der Waals surface area contributed by atoms with Gasteiger partial charge in [-0.05, 0) is 6.92 Å². The van der Waals surface area contributed by atoms with Crippen LogP contribution in [0.15, 0.2) is 0 Å². The summed E-state index contributed by atoms with van der Waals surface area (Å²) in [4.78, 5) is 9.11. The summed E-state index contributed by atoms with van der Waals surface area (Å²) in [5.41, 5.74) is 0. The number of hydrogen-bond donors (Lipinski definition) is 0. The van der Waals surface area contributed by atoms with E-state index in [1.165, 1.54) is 0 Å². The van der Waals surface area contributed by atoms with E-state index in [0.717, 1.165) is 6.29 Å². The van der Waals surface area contributed by atoms with Gasteiger partial charge in [-0.2, -0.15) is 0 Å². The molecule has 1 radical (unpaired) electrons. The molecule has 0 aromatic carbocycles. The van der Waals surface area contributed by atoms with E-state index in [9.17, 15) is 0 Å². The van der Waals surface area contributed by atoms with Crippen molar-refractivity contribution in [1.29, 1.82) is 0 Å². The standard InChI is InChI=1S/C3H5O.Na.H/c1-2-3-4;;/h3H,1-2H2;;. The van der Waals surface area contributed by atoms with E-state index < -0.39 is 0 Å². The zero-order valence-corrected chi connectivity index (χ0v) is 2.40. The molecule has 0 aliphatic heterocycles. The third kappa shape index (κ3) is 11.9. The molecule has 0 aromatic rings. The van der Waals surface area contributed by atoms with Crippen molar-refractivity contribution >= 4 is 35.8 Å². The van der Waals surface area contributed by atoms with Gasteiger partial charge in [0.05, 0.1) is 0 Å². The molecule has 0 atom stereocenters. The van der Waals surface area contributed by atoms with Gasteiger partial charge >= 0.3 is 29.6 Å². The Morgan fingerprint density at radius 3 is 2.00 bits per heavy atom. The van der Waals surface area contributed by atoms with E-state index in [2.05, 4.69) is 6.92 Å². The fraction of sp³-hybridized carbons (Fsp3) is 0.333. The summed E-state index contributed by atoms with van der Waals surface area (Å²) in [6, 6.07) is 0. The van der Waals surface area contributed by atoms with Gasteiger partial charge < -0.3 is 4.79 Å². The second-order valence-electron chi connectivity index (χ2n) is 0.455. The summed E-state index contributed by atoms with van der Waals surface area (Å²) >= 11 is 0. The summed E-state index contributed by atoms with van der Waals surface area (Å²) in [7, 11) is 0. The second kappa shape index (κ2) is 8.82. The molecule has 1 nitrogen and oxygen atoms in total. The van der Waals surface area contributed by atoms with Gasteiger partial charge in [-0.3, -0.25) is 0 Å². The summed E-state index contributed by atoms with van der Waals surface area (Å²) in [6.45, 7) is 3.24. The minimum atomic E-state index is 0. The van der Waals surface area contributed by atoms with Crippen LogP contribution < -0.4 is 0 Å². The van der Waals surface area contributed by atoms with E-state index in [1.807, 2.05) is 0 Å². The average molecular weight is 81.1 g/mol. The van der Waals surface area contributed by atoms with Crippen molar-refractivity contribution in [3.63, 3.8) is 0 Å². The van der Waals surface area contributed by atoms with E-state index in [4.69, 9.17) is 4.79 Å². The van der Waals surface area contributed by atoms with Crippen molar-refractivity contribution in [2.75, 3.05) is 0 Å². The fourth-order valence-electron chi connectivity index (χ4n) is 0. The van der Waals surface area contributed by atoms with Crippen LogP contribution in [0.4, 0.5) is 0 Å². The van der Waals surface area contributed by atoms with Crippen LogP contribution in [0, 0.1) is 6.92 Å². The molecule has 0 fully saturated rings.